The number of carbonyl (C=O) groups is 2. The van der Waals surface area contributed by atoms with Crippen molar-refractivity contribution in [2.24, 2.45) is 10.8 Å². The van der Waals surface area contributed by atoms with Crippen molar-refractivity contribution in [3.05, 3.63) is 41.5 Å². The van der Waals surface area contributed by atoms with Gasteiger partial charge in [-0.15, -0.1) is 0 Å². The Balaban J connectivity index is 1.43. The maximum absolute atomic E-state index is 12.4. The Morgan fingerprint density at radius 2 is 1.55 bits per heavy atom. The summed E-state index contributed by atoms with van der Waals surface area (Å²) in [5.41, 5.74) is 3.32. The summed E-state index contributed by atoms with van der Waals surface area (Å²) >= 11 is 0. The first-order valence-corrected chi connectivity index (χ1v) is 15.4. The van der Waals surface area contributed by atoms with Gasteiger partial charge >= 0.3 is 0 Å². The zero-order valence-corrected chi connectivity index (χ0v) is 25.9. The number of ether oxygens (including phenoxy) is 2. The van der Waals surface area contributed by atoms with Gasteiger partial charge in [0.15, 0.2) is 5.78 Å². The lowest BCUT2D eigenvalue weighted by molar-refractivity contribution is -0.125. The number of unbranched alkanes of at least 4 members (excludes halogenated alkanes) is 5. The van der Waals surface area contributed by atoms with Gasteiger partial charge in [-0.1, -0.05) is 97.1 Å². The minimum absolute atomic E-state index is 0.0317. The van der Waals surface area contributed by atoms with Gasteiger partial charge in [0.05, 0.1) is 25.9 Å². The molecule has 0 bridgehead atoms. The highest BCUT2D eigenvalue weighted by Crippen LogP contribution is 2.24. The van der Waals surface area contributed by atoms with Gasteiger partial charge in [0.25, 0.3) is 0 Å². The molecule has 6 heteroatoms. The molecule has 0 spiro atoms. The first-order valence-electron chi connectivity index (χ1n) is 15.4. The number of aliphatic hydroxyl groups is 1. The predicted molar refractivity (Wildman–Crippen MR) is 163 cm³/mol. The Morgan fingerprint density at radius 3 is 2.30 bits per heavy atom. The Labute approximate surface area is 243 Å². The predicted octanol–water partition coefficient (Wildman–Crippen LogP) is 7.03. The molecule has 2 rings (SSSR count). The number of rotatable bonds is 20. The average Bonchev–Trinajstić information content (AvgIpc) is 2.88. The molecule has 226 valence electrons. The third-order valence-electron chi connectivity index (χ3n) is 7.08. The van der Waals surface area contributed by atoms with E-state index in [1.807, 2.05) is 12.1 Å². The van der Waals surface area contributed by atoms with Crippen molar-refractivity contribution >= 4 is 17.4 Å². The van der Waals surface area contributed by atoms with E-state index in [1.165, 1.54) is 5.56 Å². The van der Waals surface area contributed by atoms with Gasteiger partial charge in [-0.05, 0) is 43.1 Å². The molecule has 1 aromatic rings. The van der Waals surface area contributed by atoms with Crippen LogP contribution in [0.3, 0.4) is 0 Å². The number of hydrogen-bond donors (Lipinski definition) is 2. The number of hydrogen-bond acceptors (Lipinski definition) is 5. The Hall–Kier alpha value is -2.02. The van der Waals surface area contributed by atoms with Crippen molar-refractivity contribution in [1.82, 2.24) is 5.32 Å². The van der Waals surface area contributed by atoms with Gasteiger partial charge in [-0.3, -0.25) is 9.59 Å². The molecule has 40 heavy (non-hydrogen) atoms. The third kappa shape index (κ3) is 15.1. The number of amides is 1. The lowest BCUT2D eigenvalue weighted by Gasteiger charge is -2.26. The molecule has 2 N–H and O–H groups in total. The molecule has 1 aliphatic carbocycles. The largest absolute Gasteiger partial charge is 0.393 e. The van der Waals surface area contributed by atoms with Crippen LogP contribution in [0, 0.1) is 10.8 Å². The van der Waals surface area contributed by atoms with E-state index in [0.29, 0.717) is 39.1 Å². The zero-order chi connectivity index (χ0) is 29.4. The topological polar surface area (TPSA) is 84.9 Å². The number of aryl methyl sites for hydroxylation is 1. The summed E-state index contributed by atoms with van der Waals surface area (Å²) in [6.07, 6.45) is 11.9. The van der Waals surface area contributed by atoms with Crippen LogP contribution in [0.4, 0.5) is 0 Å². The summed E-state index contributed by atoms with van der Waals surface area (Å²) in [5, 5.41) is 13.3. The number of aliphatic hydroxyl groups excluding tert-OH is 1. The van der Waals surface area contributed by atoms with Crippen LogP contribution in [0.15, 0.2) is 30.3 Å². The van der Waals surface area contributed by atoms with E-state index < -0.39 is 6.10 Å². The molecular weight excluding hydrogens is 502 g/mol. The minimum Gasteiger partial charge on any atom is -0.393 e. The fourth-order valence-corrected chi connectivity index (χ4v) is 4.85. The maximum atomic E-state index is 12.4. The molecule has 1 unspecified atom stereocenters. The fraction of sp³-hybridized carbons (Fsp3) is 0.706. The lowest BCUT2D eigenvalue weighted by Crippen LogP contribution is -2.29. The van der Waals surface area contributed by atoms with E-state index in [4.69, 9.17) is 9.47 Å². The maximum Gasteiger partial charge on any atom is 0.224 e. The number of ketones is 1. The number of benzene rings is 1. The van der Waals surface area contributed by atoms with Crippen molar-refractivity contribution in [2.75, 3.05) is 26.4 Å². The number of allylic oxidation sites excluding steroid dienone is 1. The third-order valence-corrected chi connectivity index (χ3v) is 7.08. The summed E-state index contributed by atoms with van der Waals surface area (Å²) in [5.74, 6) is 0.137. The average molecular weight is 558 g/mol. The molecular formula is C34H55NO5. The van der Waals surface area contributed by atoms with Gasteiger partial charge in [0.2, 0.25) is 5.91 Å². The van der Waals surface area contributed by atoms with E-state index in [-0.39, 0.29) is 29.1 Å². The summed E-state index contributed by atoms with van der Waals surface area (Å²) in [4.78, 5) is 24.6. The van der Waals surface area contributed by atoms with Crippen LogP contribution in [0.25, 0.3) is 5.70 Å². The second-order valence-electron chi connectivity index (χ2n) is 13.5. The normalized spacial score (nSPS) is 14.4. The zero-order valence-electron chi connectivity index (χ0n) is 25.9. The highest BCUT2D eigenvalue weighted by Gasteiger charge is 2.21. The Bertz CT molecular complexity index is 931. The molecule has 0 aliphatic heterocycles. The Kier molecular flexibility index (Phi) is 15.1. The van der Waals surface area contributed by atoms with Crippen LogP contribution in [0.2, 0.25) is 0 Å². The smallest absolute Gasteiger partial charge is 0.224 e. The minimum atomic E-state index is -0.439. The molecule has 1 aromatic carbocycles. The molecule has 0 heterocycles. The monoisotopic (exact) mass is 557 g/mol. The first kappa shape index (κ1) is 34.2. The van der Waals surface area contributed by atoms with E-state index >= 15 is 0 Å². The van der Waals surface area contributed by atoms with E-state index in [1.54, 1.807) is 0 Å². The number of fused-ring (bicyclic) bond motifs is 1. The van der Waals surface area contributed by atoms with Crippen LogP contribution in [-0.4, -0.2) is 49.3 Å². The van der Waals surface area contributed by atoms with Gasteiger partial charge in [-0.25, -0.2) is 0 Å². The number of nitrogens with one attached hydrogen (secondary N) is 1. The molecule has 1 atom stereocenters. The fourth-order valence-electron chi connectivity index (χ4n) is 4.85. The second-order valence-corrected chi connectivity index (χ2v) is 13.5. The second kappa shape index (κ2) is 17.7. The van der Waals surface area contributed by atoms with Crippen molar-refractivity contribution in [3.8, 4) is 0 Å². The SMILES string of the molecule is CC(C)(C)COCC(C)(C)COCC(=O)CCCCCCCCC(O)CCC(=O)NC1=CCCc2ccccc21. The highest BCUT2D eigenvalue weighted by atomic mass is 16.5. The summed E-state index contributed by atoms with van der Waals surface area (Å²) in [6.45, 7) is 12.7. The van der Waals surface area contributed by atoms with Gasteiger partial charge < -0.3 is 19.9 Å². The van der Waals surface area contributed by atoms with Crippen molar-refractivity contribution in [3.63, 3.8) is 0 Å². The van der Waals surface area contributed by atoms with Crippen LogP contribution >= 0.6 is 0 Å². The molecule has 0 saturated carbocycles. The molecule has 0 saturated heterocycles. The molecule has 1 aliphatic rings. The quantitative estimate of drug-likeness (QED) is 0.168. The lowest BCUT2D eigenvalue weighted by atomic mass is 9.94. The number of carbonyl (C=O) groups excluding carboxylic acids is 2. The number of Topliss-reactive ketones (excluding diaryl/α,β-unsaturated/α-hetero) is 1. The van der Waals surface area contributed by atoms with E-state index in [9.17, 15) is 14.7 Å². The molecule has 1 amide bonds. The summed E-state index contributed by atoms with van der Waals surface area (Å²) < 4.78 is 11.5. The van der Waals surface area contributed by atoms with Crippen LogP contribution in [-0.2, 0) is 25.5 Å². The van der Waals surface area contributed by atoms with E-state index in [2.05, 4.69) is 58.1 Å². The van der Waals surface area contributed by atoms with Gasteiger partial charge in [0, 0.05) is 29.5 Å². The van der Waals surface area contributed by atoms with Crippen LogP contribution in [0.1, 0.15) is 116 Å². The van der Waals surface area contributed by atoms with Crippen molar-refractivity contribution in [2.45, 2.75) is 118 Å². The summed E-state index contributed by atoms with van der Waals surface area (Å²) in [6, 6.07) is 8.20. The molecule has 0 aromatic heterocycles. The standard InChI is InChI=1S/C34H55NO5/c1-33(2,3)24-40-26-34(4,5)25-39-23-29(37)18-11-9-7-6-8-10-17-28(36)21-22-32(38)35-31-20-14-16-27-15-12-13-19-30(27)31/h12-13,15,19-20,28,36H,6-11,14,16-18,21-26H2,1-5H3,(H,35,38). The molecule has 0 fully saturated rings. The first-order chi connectivity index (χ1) is 19.0. The van der Waals surface area contributed by atoms with Crippen molar-refractivity contribution in [1.29, 1.82) is 0 Å². The molecule has 0 radical (unpaired) electrons. The van der Waals surface area contributed by atoms with Gasteiger partial charge in [-0.2, -0.15) is 0 Å². The highest BCUT2D eigenvalue weighted by molar-refractivity contribution is 5.87. The Morgan fingerprint density at radius 1 is 0.875 bits per heavy atom. The van der Waals surface area contributed by atoms with Crippen molar-refractivity contribution < 1.29 is 24.2 Å². The van der Waals surface area contributed by atoms with Gasteiger partial charge in [0.1, 0.15) is 6.61 Å². The van der Waals surface area contributed by atoms with Crippen LogP contribution in [0.5, 0.6) is 0 Å². The van der Waals surface area contributed by atoms with Crippen LogP contribution < -0.4 is 5.32 Å². The molecule has 6 nitrogen and oxygen atoms in total. The summed E-state index contributed by atoms with van der Waals surface area (Å²) in [7, 11) is 0. The van der Waals surface area contributed by atoms with E-state index in [0.717, 1.165) is 69.0 Å².